The Morgan fingerprint density at radius 3 is 2.80 bits per heavy atom. The van der Waals surface area contributed by atoms with Crippen LogP contribution >= 0.6 is 0 Å². The van der Waals surface area contributed by atoms with Gasteiger partial charge in [-0.2, -0.15) is 5.26 Å². The van der Waals surface area contributed by atoms with Crippen molar-refractivity contribution in [3.8, 4) is 6.07 Å². The quantitative estimate of drug-likeness (QED) is 0.738. The third-order valence-corrected chi connectivity index (χ3v) is 6.29. The molecular formula is C22H26N4O4. The Balaban J connectivity index is 1.42. The molecule has 0 bridgehead atoms. The van der Waals surface area contributed by atoms with E-state index in [1.807, 2.05) is 0 Å². The molecule has 2 atom stereocenters. The highest BCUT2D eigenvalue weighted by molar-refractivity contribution is 6.05. The monoisotopic (exact) mass is 410 g/mol. The van der Waals surface area contributed by atoms with Crippen molar-refractivity contribution >= 4 is 29.2 Å². The van der Waals surface area contributed by atoms with Crippen molar-refractivity contribution in [2.24, 2.45) is 0 Å². The first-order chi connectivity index (χ1) is 14.4. The number of nitrogens with zero attached hydrogens (tertiary/aromatic N) is 2. The number of nitriles is 1. The zero-order valence-corrected chi connectivity index (χ0v) is 17.1. The number of esters is 1. The standard InChI is InChI=1S/C22H26N4O4/c1-14(19(27)25-22(13-23)9-3-2-4-10-22)30-21(29)15-7-8-17-16(12-15)24-20(28)18-6-5-11-26(17)18/h7-8,12,14,18H,2-6,9-11H2,1H3,(H,24,28)(H,25,27)/t14-,18+/m1/s1. The average Bonchev–Trinajstić information content (AvgIpc) is 3.25. The summed E-state index contributed by atoms with van der Waals surface area (Å²) in [6, 6.07) is 7.13. The largest absolute Gasteiger partial charge is 0.449 e. The van der Waals surface area contributed by atoms with E-state index in [2.05, 4.69) is 21.6 Å². The van der Waals surface area contributed by atoms with Gasteiger partial charge in [0.1, 0.15) is 11.6 Å². The van der Waals surface area contributed by atoms with Gasteiger partial charge in [-0.05, 0) is 50.8 Å². The highest BCUT2D eigenvalue weighted by Gasteiger charge is 2.37. The minimum absolute atomic E-state index is 0.0625. The number of fused-ring (bicyclic) bond motifs is 3. The van der Waals surface area contributed by atoms with Gasteiger partial charge in [-0.15, -0.1) is 0 Å². The molecule has 158 valence electrons. The van der Waals surface area contributed by atoms with Gasteiger partial charge < -0.3 is 20.3 Å². The molecule has 2 amide bonds. The van der Waals surface area contributed by atoms with Crippen molar-refractivity contribution in [2.45, 2.75) is 69.6 Å². The number of carbonyl (C=O) groups is 3. The molecule has 0 aromatic heterocycles. The summed E-state index contributed by atoms with van der Waals surface area (Å²) in [7, 11) is 0. The highest BCUT2D eigenvalue weighted by Crippen LogP contribution is 2.37. The molecule has 1 saturated heterocycles. The van der Waals surface area contributed by atoms with E-state index < -0.39 is 23.5 Å². The Kier molecular flexibility index (Phi) is 5.37. The van der Waals surface area contributed by atoms with Gasteiger partial charge in [0.15, 0.2) is 6.10 Å². The molecule has 30 heavy (non-hydrogen) atoms. The molecule has 0 unspecified atom stereocenters. The van der Waals surface area contributed by atoms with Gasteiger partial charge in [0, 0.05) is 6.54 Å². The Labute approximate surface area is 175 Å². The summed E-state index contributed by atoms with van der Waals surface area (Å²) in [5.74, 6) is -1.18. The molecule has 1 saturated carbocycles. The van der Waals surface area contributed by atoms with E-state index in [9.17, 15) is 19.6 Å². The van der Waals surface area contributed by atoms with Crippen LogP contribution in [0, 0.1) is 11.3 Å². The number of amides is 2. The second kappa shape index (κ2) is 7.98. The first-order valence-corrected chi connectivity index (χ1v) is 10.6. The van der Waals surface area contributed by atoms with Crippen molar-refractivity contribution in [3.05, 3.63) is 23.8 Å². The molecule has 1 aromatic rings. The third kappa shape index (κ3) is 3.72. The Hall–Kier alpha value is -3.08. The predicted octanol–water partition coefficient (Wildman–Crippen LogP) is 2.50. The molecular weight excluding hydrogens is 384 g/mol. The van der Waals surface area contributed by atoms with E-state index in [4.69, 9.17) is 4.74 Å². The van der Waals surface area contributed by atoms with Crippen LogP contribution in [0.25, 0.3) is 0 Å². The van der Waals surface area contributed by atoms with Gasteiger partial charge in [0.25, 0.3) is 5.91 Å². The fraction of sp³-hybridized carbons (Fsp3) is 0.545. The van der Waals surface area contributed by atoms with E-state index in [1.165, 1.54) is 6.92 Å². The number of carbonyl (C=O) groups excluding carboxylic acids is 3. The number of rotatable bonds is 4. The summed E-state index contributed by atoms with van der Waals surface area (Å²) in [6.45, 7) is 2.31. The van der Waals surface area contributed by atoms with Gasteiger partial charge in [0.2, 0.25) is 5.91 Å². The molecule has 8 heteroatoms. The number of hydrogen-bond donors (Lipinski definition) is 2. The summed E-state index contributed by atoms with van der Waals surface area (Å²) in [5, 5.41) is 15.2. The number of anilines is 2. The van der Waals surface area contributed by atoms with Crippen molar-refractivity contribution < 1.29 is 19.1 Å². The molecule has 4 rings (SSSR count). The van der Waals surface area contributed by atoms with Crippen LogP contribution in [-0.4, -0.2) is 42.0 Å². The van der Waals surface area contributed by atoms with E-state index in [-0.39, 0.29) is 17.5 Å². The lowest BCUT2D eigenvalue weighted by Gasteiger charge is -2.33. The first-order valence-electron chi connectivity index (χ1n) is 10.6. The maximum Gasteiger partial charge on any atom is 0.338 e. The van der Waals surface area contributed by atoms with E-state index in [1.54, 1.807) is 18.2 Å². The zero-order chi connectivity index (χ0) is 21.3. The molecule has 2 N–H and O–H groups in total. The van der Waals surface area contributed by atoms with Gasteiger partial charge in [0.05, 0.1) is 23.0 Å². The maximum absolute atomic E-state index is 12.6. The van der Waals surface area contributed by atoms with Crippen molar-refractivity contribution in [3.63, 3.8) is 0 Å². The SMILES string of the molecule is C[C@@H](OC(=O)c1ccc2c(c1)NC(=O)[C@@H]1CCCN21)C(=O)NC1(C#N)CCCCC1. The van der Waals surface area contributed by atoms with Crippen LogP contribution in [0.2, 0.25) is 0 Å². The minimum atomic E-state index is -1.03. The zero-order valence-electron chi connectivity index (χ0n) is 17.1. The second-order valence-electron chi connectivity index (χ2n) is 8.36. The summed E-state index contributed by atoms with van der Waals surface area (Å²) in [5.41, 5.74) is 0.861. The number of nitrogens with one attached hydrogen (secondary N) is 2. The van der Waals surface area contributed by atoms with Crippen LogP contribution in [0.4, 0.5) is 11.4 Å². The highest BCUT2D eigenvalue weighted by atomic mass is 16.5. The number of hydrogen-bond acceptors (Lipinski definition) is 6. The van der Waals surface area contributed by atoms with E-state index in [0.717, 1.165) is 44.3 Å². The van der Waals surface area contributed by atoms with Gasteiger partial charge in [-0.1, -0.05) is 19.3 Å². The number of benzene rings is 1. The van der Waals surface area contributed by atoms with E-state index in [0.29, 0.717) is 18.5 Å². The van der Waals surface area contributed by atoms with Crippen LogP contribution < -0.4 is 15.5 Å². The second-order valence-corrected chi connectivity index (χ2v) is 8.36. The Morgan fingerprint density at radius 2 is 2.07 bits per heavy atom. The Bertz CT molecular complexity index is 916. The summed E-state index contributed by atoms with van der Waals surface area (Å²) < 4.78 is 5.35. The molecule has 0 radical (unpaired) electrons. The van der Waals surface area contributed by atoms with Crippen LogP contribution in [0.1, 0.15) is 62.2 Å². The fourth-order valence-corrected chi connectivity index (χ4v) is 4.60. The number of ether oxygens (including phenoxy) is 1. The summed E-state index contributed by atoms with van der Waals surface area (Å²) in [6.07, 6.45) is 4.80. The third-order valence-electron chi connectivity index (χ3n) is 6.29. The predicted molar refractivity (Wildman–Crippen MR) is 110 cm³/mol. The fourth-order valence-electron chi connectivity index (χ4n) is 4.60. The normalized spacial score (nSPS) is 22.7. The lowest BCUT2D eigenvalue weighted by molar-refractivity contribution is -0.130. The van der Waals surface area contributed by atoms with Crippen molar-refractivity contribution in [1.82, 2.24) is 5.32 Å². The average molecular weight is 410 g/mol. The Morgan fingerprint density at radius 1 is 1.30 bits per heavy atom. The lowest BCUT2D eigenvalue weighted by atomic mass is 9.83. The van der Waals surface area contributed by atoms with Crippen LogP contribution in [0.3, 0.4) is 0 Å². The molecule has 0 spiro atoms. The summed E-state index contributed by atoms with van der Waals surface area (Å²) >= 11 is 0. The van der Waals surface area contributed by atoms with Gasteiger partial charge in [-0.3, -0.25) is 9.59 Å². The van der Waals surface area contributed by atoms with Crippen LogP contribution in [0.5, 0.6) is 0 Å². The van der Waals surface area contributed by atoms with Gasteiger partial charge >= 0.3 is 5.97 Å². The molecule has 8 nitrogen and oxygen atoms in total. The van der Waals surface area contributed by atoms with Crippen molar-refractivity contribution in [1.29, 1.82) is 5.26 Å². The van der Waals surface area contributed by atoms with E-state index >= 15 is 0 Å². The molecule has 1 aromatic carbocycles. The van der Waals surface area contributed by atoms with Crippen molar-refractivity contribution in [2.75, 3.05) is 16.8 Å². The topological polar surface area (TPSA) is 112 Å². The lowest BCUT2D eigenvalue weighted by Crippen LogP contribution is -2.52. The summed E-state index contributed by atoms with van der Waals surface area (Å²) in [4.78, 5) is 39.5. The molecule has 2 heterocycles. The first kappa shape index (κ1) is 20.2. The molecule has 2 fully saturated rings. The van der Waals surface area contributed by atoms with Crippen LogP contribution in [-0.2, 0) is 14.3 Å². The minimum Gasteiger partial charge on any atom is -0.449 e. The molecule has 3 aliphatic rings. The smallest absolute Gasteiger partial charge is 0.338 e. The molecule has 1 aliphatic carbocycles. The van der Waals surface area contributed by atoms with Crippen LogP contribution in [0.15, 0.2) is 18.2 Å². The van der Waals surface area contributed by atoms with Gasteiger partial charge in [-0.25, -0.2) is 4.79 Å². The molecule has 2 aliphatic heterocycles. The maximum atomic E-state index is 12.6.